The summed E-state index contributed by atoms with van der Waals surface area (Å²) in [5.74, 6) is 0.423. The topological polar surface area (TPSA) is 107 Å². The summed E-state index contributed by atoms with van der Waals surface area (Å²) in [7, 11) is 1.47. The number of ether oxygens (including phenoxy) is 1. The Morgan fingerprint density at radius 2 is 2.39 bits per heavy atom. The molecule has 0 aliphatic carbocycles. The number of nitrogens with zero attached hydrogens (tertiary/aromatic N) is 1. The molecule has 0 fully saturated rings. The van der Waals surface area contributed by atoms with Crippen molar-refractivity contribution in [2.24, 2.45) is 10.8 Å². The molecule has 7 nitrogen and oxygen atoms in total. The normalized spacial score (nSPS) is 10.9. The van der Waals surface area contributed by atoms with Crippen LogP contribution in [0.25, 0.3) is 10.3 Å². The number of benzene rings is 1. The molecule has 94 valence electrons. The molecule has 0 aliphatic rings. The Kier molecular flexibility index (Phi) is 3.28. The Labute approximate surface area is 105 Å². The van der Waals surface area contributed by atoms with Crippen LogP contribution in [0.15, 0.2) is 26.4 Å². The number of nitrogens with one attached hydrogen (secondary N) is 1. The molecule has 2 rings (SSSR count). The van der Waals surface area contributed by atoms with Crippen LogP contribution in [0.1, 0.15) is 5.56 Å². The predicted molar refractivity (Wildman–Crippen MR) is 67.2 cm³/mol. The van der Waals surface area contributed by atoms with E-state index in [1.54, 1.807) is 12.1 Å². The van der Waals surface area contributed by atoms with Crippen molar-refractivity contribution in [1.29, 1.82) is 0 Å². The third-order valence-corrected chi connectivity index (χ3v) is 2.80. The number of hydrazone groups is 1. The molecule has 3 N–H and O–H groups in total. The van der Waals surface area contributed by atoms with E-state index in [1.807, 2.05) is 0 Å². The molecule has 0 unspecified atom stereocenters. The molecular formula is C10H9N3O4S. The van der Waals surface area contributed by atoms with Gasteiger partial charge in [0.2, 0.25) is 0 Å². The van der Waals surface area contributed by atoms with Gasteiger partial charge in [0.15, 0.2) is 11.3 Å². The zero-order chi connectivity index (χ0) is 13.1. The first-order valence-corrected chi connectivity index (χ1v) is 5.62. The second kappa shape index (κ2) is 4.88. The molecule has 0 saturated carbocycles. The van der Waals surface area contributed by atoms with Gasteiger partial charge in [-0.05, 0) is 17.7 Å². The van der Waals surface area contributed by atoms with Crippen LogP contribution >= 0.6 is 11.3 Å². The van der Waals surface area contributed by atoms with E-state index < -0.39 is 11.0 Å². The Hall–Kier alpha value is -2.35. The van der Waals surface area contributed by atoms with Gasteiger partial charge in [0.05, 0.1) is 18.0 Å². The van der Waals surface area contributed by atoms with E-state index in [1.165, 1.54) is 13.3 Å². The summed E-state index contributed by atoms with van der Waals surface area (Å²) in [6.45, 7) is 0. The fraction of sp³-hybridized carbons (Fsp3) is 0.100. The average Bonchev–Trinajstić information content (AvgIpc) is 2.67. The van der Waals surface area contributed by atoms with Gasteiger partial charge in [-0.15, -0.1) is 0 Å². The lowest BCUT2D eigenvalue weighted by Gasteiger charge is -2.01. The fourth-order valence-electron chi connectivity index (χ4n) is 1.36. The summed E-state index contributed by atoms with van der Waals surface area (Å²) in [6, 6.07) is 2.57. The molecule has 0 spiro atoms. The summed E-state index contributed by atoms with van der Waals surface area (Å²) >= 11 is 0.960. The van der Waals surface area contributed by atoms with E-state index in [0.717, 1.165) is 11.3 Å². The molecule has 2 aromatic rings. The van der Waals surface area contributed by atoms with Gasteiger partial charge < -0.3 is 14.9 Å². The zero-order valence-corrected chi connectivity index (χ0v) is 10.1. The van der Waals surface area contributed by atoms with Crippen LogP contribution < -0.4 is 20.8 Å². The third-order valence-electron chi connectivity index (χ3n) is 2.03. The van der Waals surface area contributed by atoms with E-state index in [2.05, 4.69) is 10.5 Å². The van der Waals surface area contributed by atoms with Crippen molar-refractivity contribution in [3.8, 4) is 5.75 Å². The minimum absolute atomic E-state index is 0.396. The maximum absolute atomic E-state index is 11.2. The molecule has 0 atom stereocenters. The lowest BCUT2D eigenvalue weighted by atomic mass is 10.2. The molecule has 18 heavy (non-hydrogen) atoms. The van der Waals surface area contributed by atoms with Gasteiger partial charge in [-0.1, -0.05) is 11.3 Å². The highest BCUT2D eigenvalue weighted by atomic mass is 32.1. The number of hydrogen-bond donors (Lipinski definition) is 2. The lowest BCUT2D eigenvalue weighted by Crippen LogP contribution is -2.24. The Balaban J connectivity index is 2.43. The largest absolute Gasteiger partial charge is 0.493 e. The Morgan fingerprint density at radius 1 is 1.61 bits per heavy atom. The number of amides is 2. The second-order valence-electron chi connectivity index (χ2n) is 3.24. The average molecular weight is 267 g/mol. The summed E-state index contributed by atoms with van der Waals surface area (Å²) in [6.07, 6.45) is 1.39. The van der Waals surface area contributed by atoms with Gasteiger partial charge in [-0.25, -0.2) is 15.0 Å². The summed E-state index contributed by atoms with van der Waals surface area (Å²) in [5, 5.41) is 3.62. The van der Waals surface area contributed by atoms with E-state index >= 15 is 0 Å². The third kappa shape index (κ3) is 2.48. The maximum atomic E-state index is 11.2. The van der Waals surface area contributed by atoms with Gasteiger partial charge >= 0.3 is 11.0 Å². The van der Waals surface area contributed by atoms with Crippen LogP contribution in [-0.4, -0.2) is 19.4 Å². The van der Waals surface area contributed by atoms with Crippen LogP contribution in [-0.2, 0) is 0 Å². The molecule has 1 aromatic heterocycles. The number of primary amides is 1. The number of carbonyl (C=O) groups is 1. The van der Waals surface area contributed by atoms with E-state index in [-0.39, 0.29) is 0 Å². The van der Waals surface area contributed by atoms with Crippen LogP contribution in [0, 0.1) is 0 Å². The first-order chi connectivity index (χ1) is 8.60. The molecule has 0 aliphatic heterocycles. The molecule has 0 saturated heterocycles. The molecular weight excluding hydrogens is 258 g/mol. The minimum Gasteiger partial charge on any atom is -0.493 e. The number of rotatable bonds is 3. The van der Waals surface area contributed by atoms with E-state index in [9.17, 15) is 9.59 Å². The highest BCUT2D eigenvalue weighted by Crippen LogP contribution is 2.28. The van der Waals surface area contributed by atoms with Crippen molar-refractivity contribution in [2.45, 2.75) is 0 Å². The van der Waals surface area contributed by atoms with Crippen molar-refractivity contribution < 1.29 is 13.9 Å². The Bertz CT molecular complexity index is 673. The number of nitrogens with two attached hydrogens (primary N) is 1. The standard InChI is InChI=1S/C10H9N3O4S/c1-16-6-2-5(4-12-13-9(11)14)3-7-8(6)17-10(15)18-7/h2-4H,1H3,(H3,11,13,14)/b12-4-. The van der Waals surface area contributed by atoms with Gasteiger partial charge in [-0.3, -0.25) is 0 Å². The van der Waals surface area contributed by atoms with Gasteiger partial charge in [0, 0.05) is 0 Å². The summed E-state index contributed by atoms with van der Waals surface area (Å²) in [5.41, 5.74) is 7.97. The molecule has 2 amide bonds. The van der Waals surface area contributed by atoms with Gasteiger partial charge in [-0.2, -0.15) is 5.10 Å². The van der Waals surface area contributed by atoms with Crippen LogP contribution in [0.2, 0.25) is 0 Å². The molecule has 1 aromatic carbocycles. The molecule has 0 radical (unpaired) electrons. The number of fused-ring (bicyclic) bond motifs is 1. The van der Waals surface area contributed by atoms with Crippen LogP contribution in [0.3, 0.4) is 0 Å². The van der Waals surface area contributed by atoms with Gasteiger partial charge in [0.1, 0.15) is 0 Å². The highest BCUT2D eigenvalue weighted by molar-refractivity contribution is 7.16. The van der Waals surface area contributed by atoms with E-state index in [0.29, 0.717) is 21.6 Å². The molecule has 0 bridgehead atoms. The minimum atomic E-state index is -0.757. The first kappa shape index (κ1) is 12.1. The SMILES string of the molecule is COc1cc(/C=N\NC(N)=O)cc2sc(=O)oc12. The van der Waals surface area contributed by atoms with Crippen LogP contribution in [0.5, 0.6) is 5.75 Å². The van der Waals surface area contributed by atoms with Crippen LogP contribution in [0.4, 0.5) is 4.79 Å². The second-order valence-corrected chi connectivity index (χ2v) is 4.22. The predicted octanol–water partition coefficient (Wildman–Crippen LogP) is 0.865. The molecule has 1 heterocycles. The number of methoxy groups -OCH3 is 1. The first-order valence-electron chi connectivity index (χ1n) is 4.80. The monoisotopic (exact) mass is 267 g/mol. The summed E-state index contributed by atoms with van der Waals surface area (Å²) in [4.78, 5) is 21.2. The van der Waals surface area contributed by atoms with Gasteiger partial charge in [0.25, 0.3) is 0 Å². The lowest BCUT2D eigenvalue weighted by molar-refractivity contribution is 0.249. The summed E-state index contributed by atoms with van der Waals surface area (Å²) < 4.78 is 10.7. The smallest absolute Gasteiger partial charge is 0.396 e. The highest BCUT2D eigenvalue weighted by Gasteiger charge is 2.09. The van der Waals surface area contributed by atoms with E-state index in [4.69, 9.17) is 14.9 Å². The quantitative estimate of drug-likeness (QED) is 0.635. The van der Waals surface area contributed by atoms with Crippen molar-refractivity contribution in [3.63, 3.8) is 0 Å². The molecule has 8 heteroatoms. The van der Waals surface area contributed by atoms with Crippen molar-refractivity contribution in [2.75, 3.05) is 7.11 Å². The number of urea groups is 1. The number of carbonyl (C=O) groups excluding carboxylic acids is 1. The van der Waals surface area contributed by atoms with Crippen molar-refractivity contribution in [3.05, 3.63) is 27.4 Å². The van der Waals surface area contributed by atoms with Crippen molar-refractivity contribution in [1.82, 2.24) is 5.43 Å². The Morgan fingerprint density at radius 3 is 3.06 bits per heavy atom. The zero-order valence-electron chi connectivity index (χ0n) is 9.30. The maximum Gasteiger partial charge on any atom is 0.396 e. The fourth-order valence-corrected chi connectivity index (χ4v) is 2.10. The number of hydrogen-bond acceptors (Lipinski definition) is 6. The van der Waals surface area contributed by atoms with Crippen molar-refractivity contribution >= 4 is 33.9 Å².